The second kappa shape index (κ2) is 7.67. The fourth-order valence-electron chi connectivity index (χ4n) is 3.36. The Labute approximate surface area is 161 Å². The van der Waals surface area contributed by atoms with Gasteiger partial charge in [-0.2, -0.15) is 0 Å². The van der Waals surface area contributed by atoms with Crippen LogP contribution in [0.1, 0.15) is 17.9 Å². The number of benzene rings is 1. The first-order valence-corrected chi connectivity index (χ1v) is 9.10. The Bertz CT molecular complexity index is 1000. The molecule has 1 atom stereocenters. The zero-order chi connectivity index (χ0) is 19.5. The normalized spacial score (nSPS) is 16.5. The minimum atomic E-state index is -0.360. The van der Waals surface area contributed by atoms with E-state index in [2.05, 4.69) is 20.3 Å². The van der Waals surface area contributed by atoms with Crippen molar-refractivity contribution in [3.8, 4) is 5.75 Å². The van der Waals surface area contributed by atoms with E-state index in [1.54, 1.807) is 18.2 Å². The number of carbonyl (C=O) groups is 2. The fraction of sp³-hybridized carbons (Fsp3) is 0.300. The maximum Gasteiger partial charge on any atom is 0.225 e. The molecule has 0 radical (unpaired) electrons. The number of hydrogen-bond donors (Lipinski definition) is 2. The summed E-state index contributed by atoms with van der Waals surface area (Å²) < 4.78 is 5.20. The van der Waals surface area contributed by atoms with Gasteiger partial charge < -0.3 is 19.9 Å². The molecule has 0 spiro atoms. The highest BCUT2D eigenvalue weighted by atomic mass is 16.5. The van der Waals surface area contributed by atoms with Crippen LogP contribution in [-0.2, 0) is 22.7 Å². The summed E-state index contributed by atoms with van der Waals surface area (Å²) in [4.78, 5) is 38.3. The first-order chi connectivity index (χ1) is 13.6. The Morgan fingerprint density at radius 1 is 1.36 bits per heavy atom. The standard InChI is InChI=1S/C20H21N5O3/c1-28-15-5-6-16-17(9-15)24-18(23-16)10-22-20(27)13-8-19(26)25(11-13)12-14-4-2-3-7-21-14/h2-7,9,13H,8,10-12H2,1H3,(H,22,27)(H,23,24). The number of fused-ring (bicyclic) bond motifs is 1. The number of carbonyl (C=O) groups excluding carboxylic acids is 2. The average Bonchev–Trinajstić information content (AvgIpc) is 3.29. The molecule has 8 heteroatoms. The van der Waals surface area contributed by atoms with E-state index in [9.17, 15) is 9.59 Å². The van der Waals surface area contributed by atoms with Crippen LogP contribution in [-0.4, -0.2) is 45.3 Å². The van der Waals surface area contributed by atoms with Gasteiger partial charge in [-0.05, 0) is 24.3 Å². The Kier molecular flexibility index (Phi) is 4.92. The summed E-state index contributed by atoms with van der Waals surface area (Å²) in [6, 6.07) is 11.2. The van der Waals surface area contributed by atoms with Crippen molar-refractivity contribution in [3.63, 3.8) is 0 Å². The Balaban J connectivity index is 1.34. The smallest absolute Gasteiger partial charge is 0.225 e. The van der Waals surface area contributed by atoms with E-state index in [4.69, 9.17) is 4.74 Å². The molecule has 1 saturated heterocycles. The topological polar surface area (TPSA) is 100 Å². The Morgan fingerprint density at radius 3 is 3.04 bits per heavy atom. The van der Waals surface area contributed by atoms with Crippen molar-refractivity contribution in [1.29, 1.82) is 0 Å². The number of rotatable bonds is 6. The molecule has 1 fully saturated rings. The molecule has 1 aromatic carbocycles. The number of ether oxygens (including phenoxy) is 1. The number of aromatic amines is 1. The van der Waals surface area contributed by atoms with Crippen LogP contribution in [0.25, 0.3) is 11.0 Å². The summed E-state index contributed by atoms with van der Waals surface area (Å²) in [6.45, 7) is 1.11. The fourth-order valence-corrected chi connectivity index (χ4v) is 3.36. The number of hydrogen-bond acceptors (Lipinski definition) is 5. The van der Waals surface area contributed by atoms with Crippen LogP contribution < -0.4 is 10.1 Å². The summed E-state index contributed by atoms with van der Waals surface area (Å²) in [5, 5.41) is 2.88. The summed E-state index contributed by atoms with van der Waals surface area (Å²) in [6.07, 6.45) is 1.92. The molecule has 0 saturated carbocycles. The predicted octanol–water partition coefficient (Wildman–Crippen LogP) is 1.63. The summed E-state index contributed by atoms with van der Waals surface area (Å²) in [5.41, 5.74) is 2.47. The van der Waals surface area contributed by atoms with E-state index >= 15 is 0 Å². The highest BCUT2D eigenvalue weighted by Gasteiger charge is 2.34. The third kappa shape index (κ3) is 3.80. The molecule has 144 valence electrons. The number of amides is 2. The van der Waals surface area contributed by atoms with Gasteiger partial charge in [-0.1, -0.05) is 6.07 Å². The van der Waals surface area contributed by atoms with E-state index in [1.807, 2.05) is 36.4 Å². The molecule has 28 heavy (non-hydrogen) atoms. The van der Waals surface area contributed by atoms with E-state index in [0.29, 0.717) is 18.9 Å². The molecule has 2 amide bonds. The zero-order valence-electron chi connectivity index (χ0n) is 15.5. The lowest BCUT2D eigenvalue weighted by Gasteiger charge is -2.15. The van der Waals surface area contributed by atoms with Crippen LogP contribution in [0.2, 0.25) is 0 Å². The number of pyridine rings is 1. The van der Waals surface area contributed by atoms with Crippen LogP contribution in [0.5, 0.6) is 5.75 Å². The lowest BCUT2D eigenvalue weighted by Crippen LogP contribution is -2.32. The second-order valence-corrected chi connectivity index (χ2v) is 6.78. The summed E-state index contributed by atoms with van der Waals surface area (Å²) >= 11 is 0. The van der Waals surface area contributed by atoms with Crippen LogP contribution in [0.4, 0.5) is 0 Å². The number of imidazole rings is 1. The van der Waals surface area contributed by atoms with Crippen molar-refractivity contribution in [1.82, 2.24) is 25.2 Å². The van der Waals surface area contributed by atoms with Gasteiger partial charge in [0.15, 0.2) is 0 Å². The third-order valence-electron chi connectivity index (χ3n) is 4.83. The van der Waals surface area contributed by atoms with E-state index in [-0.39, 0.29) is 30.7 Å². The molecule has 3 aromatic rings. The lowest BCUT2D eigenvalue weighted by molar-refractivity contribution is -0.129. The van der Waals surface area contributed by atoms with Gasteiger partial charge in [0.2, 0.25) is 11.8 Å². The van der Waals surface area contributed by atoms with Crippen molar-refractivity contribution in [2.75, 3.05) is 13.7 Å². The van der Waals surface area contributed by atoms with Crippen LogP contribution >= 0.6 is 0 Å². The molecule has 3 heterocycles. The minimum absolute atomic E-state index is 0.0263. The maximum absolute atomic E-state index is 12.5. The second-order valence-electron chi connectivity index (χ2n) is 6.78. The molecule has 0 aliphatic carbocycles. The van der Waals surface area contributed by atoms with Gasteiger partial charge in [0.05, 0.1) is 42.8 Å². The first kappa shape index (κ1) is 18.0. The van der Waals surface area contributed by atoms with Gasteiger partial charge in [0, 0.05) is 25.2 Å². The van der Waals surface area contributed by atoms with Crippen LogP contribution in [0.15, 0.2) is 42.6 Å². The predicted molar refractivity (Wildman–Crippen MR) is 102 cm³/mol. The van der Waals surface area contributed by atoms with E-state index in [0.717, 1.165) is 22.5 Å². The molecule has 1 unspecified atom stereocenters. The van der Waals surface area contributed by atoms with Gasteiger partial charge in [0.1, 0.15) is 11.6 Å². The van der Waals surface area contributed by atoms with E-state index < -0.39 is 0 Å². The molecule has 8 nitrogen and oxygen atoms in total. The molecular weight excluding hydrogens is 358 g/mol. The number of nitrogens with one attached hydrogen (secondary N) is 2. The summed E-state index contributed by atoms with van der Waals surface area (Å²) in [5.74, 6) is 0.868. The number of aromatic nitrogens is 3. The van der Waals surface area contributed by atoms with Gasteiger partial charge in [-0.3, -0.25) is 14.6 Å². The zero-order valence-corrected chi connectivity index (χ0v) is 15.5. The molecule has 1 aliphatic rings. The number of methoxy groups -OCH3 is 1. The number of H-pyrrole nitrogens is 1. The van der Waals surface area contributed by atoms with Crippen molar-refractivity contribution in [2.24, 2.45) is 5.92 Å². The van der Waals surface area contributed by atoms with Gasteiger partial charge in [-0.15, -0.1) is 0 Å². The molecular formula is C20H21N5O3. The van der Waals surface area contributed by atoms with Crippen molar-refractivity contribution >= 4 is 22.8 Å². The average molecular weight is 379 g/mol. The Morgan fingerprint density at radius 2 is 2.25 bits per heavy atom. The minimum Gasteiger partial charge on any atom is -0.497 e. The molecule has 0 bridgehead atoms. The quantitative estimate of drug-likeness (QED) is 0.678. The monoisotopic (exact) mass is 379 g/mol. The largest absolute Gasteiger partial charge is 0.497 e. The molecule has 2 N–H and O–H groups in total. The van der Waals surface area contributed by atoms with Crippen molar-refractivity contribution in [2.45, 2.75) is 19.5 Å². The maximum atomic E-state index is 12.5. The van der Waals surface area contributed by atoms with Crippen molar-refractivity contribution < 1.29 is 14.3 Å². The van der Waals surface area contributed by atoms with Gasteiger partial charge in [0.25, 0.3) is 0 Å². The number of likely N-dealkylation sites (tertiary alicyclic amines) is 1. The van der Waals surface area contributed by atoms with Crippen molar-refractivity contribution in [3.05, 3.63) is 54.1 Å². The van der Waals surface area contributed by atoms with Gasteiger partial charge >= 0.3 is 0 Å². The summed E-state index contributed by atoms with van der Waals surface area (Å²) in [7, 11) is 1.61. The van der Waals surface area contributed by atoms with Gasteiger partial charge in [-0.25, -0.2) is 4.98 Å². The highest BCUT2D eigenvalue weighted by Crippen LogP contribution is 2.21. The third-order valence-corrected chi connectivity index (χ3v) is 4.83. The van der Waals surface area contributed by atoms with Crippen LogP contribution in [0.3, 0.4) is 0 Å². The van der Waals surface area contributed by atoms with Crippen LogP contribution in [0, 0.1) is 5.92 Å². The lowest BCUT2D eigenvalue weighted by atomic mass is 10.1. The number of nitrogens with zero attached hydrogens (tertiary/aromatic N) is 3. The Hall–Kier alpha value is -3.42. The molecule has 1 aliphatic heterocycles. The molecule has 2 aromatic heterocycles. The highest BCUT2D eigenvalue weighted by molar-refractivity contribution is 5.89. The molecule has 4 rings (SSSR count). The SMILES string of the molecule is COc1ccc2nc(CNC(=O)C3CC(=O)N(Cc4ccccn4)C3)[nH]c2c1. The first-order valence-electron chi connectivity index (χ1n) is 9.10. The van der Waals surface area contributed by atoms with E-state index in [1.165, 1.54) is 0 Å².